The van der Waals surface area contributed by atoms with Crippen molar-refractivity contribution in [1.82, 2.24) is 19.5 Å². The van der Waals surface area contributed by atoms with Crippen molar-refractivity contribution >= 4 is 16.9 Å². The molecule has 1 aliphatic carbocycles. The molecular weight excluding hydrogens is 436 g/mol. The Kier molecular flexibility index (Phi) is 4.82. The van der Waals surface area contributed by atoms with E-state index < -0.39 is 5.60 Å². The van der Waals surface area contributed by atoms with E-state index in [2.05, 4.69) is 33.8 Å². The first-order valence-corrected chi connectivity index (χ1v) is 11.7. The first-order chi connectivity index (χ1) is 16.9. The van der Waals surface area contributed by atoms with Gasteiger partial charge in [-0.05, 0) is 44.0 Å². The van der Waals surface area contributed by atoms with Gasteiger partial charge < -0.3 is 15.8 Å². The summed E-state index contributed by atoms with van der Waals surface area (Å²) < 4.78 is 2.16. The first-order valence-electron chi connectivity index (χ1n) is 11.7. The van der Waals surface area contributed by atoms with Crippen LogP contribution in [-0.4, -0.2) is 36.1 Å². The van der Waals surface area contributed by atoms with Crippen LogP contribution in [0.15, 0.2) is 78.9 Å². The third kappa shape index (κ3) is 3.70. The monoisotopic (exact) mass is 462 g/mol. The largest absolute Gasteiger partial charge is 0.390 e. The lowest BCUT2D eigenvalue weighted by Crippen LogP contribution is -2.39. The topological polar surface area (TPSA) is 117 Å². The van der Waals surface area contributed by atoms with Crippen LogP contribution in [0.2, 0.25) is 0 Å². The molecule has 2 aromatic heterocycles. The van der Waals surface area contributed by atoms with E-state index in [-0.39, 0.29) is 11.8 Å². The summed E-state index contributed by atoms with van der Waals surface area (Å²) in [5, 5.41) is 18.3. The van der Waals surface area contributed by atoms with Gasteiger partial charge in [0.25, 0.3) is 0 Å². The number of nitrogen functional groups attached to an aromatic ring is 1. The van der Waals surface area contributed by atoms with Gasteiger partial charge in [0.1, 0.15) is 23.2 Å². The fourth-order valence-corrected chi connectivity index (χ4v) is 5.03. The second-order valence-electron chi connectivity index (χ2n) is 9.54. The summed E-state index contributed by atoms with van der Waals surface area (Å²) in [5.41, 5.74) is 11.1. The minimum Gasteiger partial charge on any atom is -0.390 e. The number of fused-ring (bicyclic) bond motifs is 1. The minimum absolute atomic E-state index is 0.0651. The predicted octanol–water partition coefficient (Wildman–Crippen LogP) is 5.00. The van der Waals surface area contributed by atoms with Gasteiger partial charge in [-0.1, -0.05) is 54.6 Å². The molecule has 2 heterocycles. The number of nitrogens with zero attached hydrogens (tertiary/aromatic N) is 3. The van der Waals surface area contributed by atoms with Gasteiger partial charge in [0.05, 0.1) is 22.3 Å². The number of nitrogens with two attached hydrogens (primary N) is 1. The minimum atomic E-state index is -0.662. The number of amidine groups is 1. The number of H-pyrrole nitrogens is 1. The van der Waals surface area contributed by atoms with Crippen LogP contribution in [0.4, 0.5) is 0 Å². The van der Waals surface area contributed by atoms with Crippen molar-refractivity contribution in [2.45, 2.75) is 31.3 Å². The van der Waals surface area contributed by atoms with Gasteiger partial charge in [0.2, 0.25) is 0 Å². The maximum atomic E-state index is 10.2. The molecule has 1 saturated carbocycles. The Balaban J connectivity index is 1.50. The fraction of sp³-hybridized carbons (Fsp3) is 0.179. The zero-order chi connectivity index (χ0) is 24.2. The van der Waals surface area contributed by atoms with Crippen LogP contribution in [0.1, 0.15) is 37.2 Å². The molecule has 3 aromatic carbocycles. The molecule has 7 heteroatoms. The number of benzene rings is 3. The number of imidazole rings is 2. The van der Waals surface area contributed by atoms with Crippen molar-refractivity contribution in [3.05, 3.63) is 90.4 Å². The number of aromatic nitrogens is 4. The van der Waals surface area contributed by atoms with E-state index in [1.165, 1.54) is 0 Å². The average Bonchev–Trinajstić information content (AvgIpc) is 3.45. The summed E-state index contributed by atoms with van der Waals surface area (Å²) in [7, 11) is 0. The number of aromatic amines is 1. The maximum absolute atomic E-state index is 10.2. The fourth-order valence-electron chi connectivity index (χ4n) is 5.03. The number of hydrogen-bond acceptors (Lipinski definition) is 4. The Morgan fingerprint density at radius 2 is 1.69 bits per heavy atom. The molecule has 0 spiro atoms. The van der Waals surface area contributed by atoms with E-state index in [4.69, 9.17) is 21.1 Å². The van der Waals surface area contributed by atoms with Gasteiger partial charge in [-0.3, -0.25) is 9.98 Å². The number of para-hydroxylation sites is 1. The average molecular weight is 463 g/mol. The van der Waals surface area contributed by atoms with E-state index in [0.29, 0.717) is 24.2 Å². The first kappa shape index (κ1) is 21.3. The van der Waals surface area contributed by atoms with Crippen LogP contribution in [0.5, 0.6) is 0 Å². The summed E-state index contributed by atoms with van der Waals surface area (Å²) in [4.78, 5) is 13.1. The number of rotatable bonds is 5. The standard InChI is InChI=1S/C28H26N6O/c1-28(35)15-19(16-28)26-32-23(24(33-26)25(29)30)18-12-13-22-21(14-18)31-27(17-8-4-2-5-9-17)34(22)20-10-6-3-7-11-20/h2-14,19,35H,15-16H2,1H3,(H3,29,30)(H,32,33)/t19-,28+. The molecule has 35 heavy (non-hydrogen) atoms. The molecule has 5 aromatic rings. The molecule has 0 aliphatic heterocycles. The molecule has 0 atom stereocenters. The molecule has 0 bridgehead atoms. The molecule has 0 unspecified atom stereocenters. The third-order valence-electron chi connectivity index (χ3n) is 6.72. The molecule has 0 saturated heterocycles. The van der Waals surface area contributed by atoms with Gasteiger partial charge in [0, 0.05) is 22.7 Å². The lowest BCUT2D eigenvalue weighted by molar-refractivity contribution is -0.0332. The Labute approximate surface area is 202 Å². The molecule has 1 aliphatic rings. The van der Waals surface area contributed by atoms with Gasteiger partial charge in [-0.15, -0.1) is 0 Å². The highest BCUT2D eigenvalue weighted by Gasteiger charge is 2.41. The Morgan fingerprint density at radius 1 is 1.00 bits per heavy atom. The number of nitrogens with one attached hydrogen (secondary N) is 2. The summed E-state index contributed by atoms with van der Waals surface area (Å²) in [5.74, 6) is 1.68. The SMILES string of the molecule is C[C@]1(O)C[C@@H](c2nc(-c3ccc4c(c3)nc(-c3ccccc3)n4-c3ccccc3)c(C(=N)N)[nH]2)C1. The van der Waals surface area contributed by atoms with Gasteiger partial charge in [0.15, 0.2) is 0 Å². The van der Waals surface area contributed by atoms with Crippen LogP contribution in [0.3, 0.4) is 0 Å². The Morgan fingerprint density at radius 3 is 2.34 bits per heavy atom. The number of aliphatic hydroxyl groups is 1. The van der Waals surface area contributed by atoms with E-state index in [1.54, 1.807) is 0 Å². The van der Waals surface area contributed by atoms with Crippen LogP contribution >= 0.6 is 0 Å². The van der Waals surface area contributed by atoms with E-state index >= 15 is 0 Å². The second kappa shape index (κ2) is 7.92. The molecule has 174 valence electrons. The smallest absolute Gasteiger partial charge is 0.145 e. The van der Waals surface area contributed by atoms with Crippen LogP contribution in [0, 0.1) is 5.41 Å². The Hall–Kier alpha value is -4.23. The summed E-state index contributed by atoms with van der Waals surface area (Å²) >= 11 is 0. The maximum Gasteiger partial charge on any atom is 0.145 e. The zero-order valence-corrected chi connectivity index (χ0v) is 19.4. The molecule has 0 amide bonds. The third-order valence-corrected chi connectivity index (χ3v) is 6.72. The summed E-state index contributed by atoms with van der Waals surface area (Å²) in [6.07, 6.45) is 1.27. The van der Waals surface area contributed by atoms with E-state index in [0.717, 1.165) is 39.5 Å². The summed E-state index contributed by atoms with van der Waals surface area (Å²) in [6.45, 7) is 1.83. The number of hydrogen-bond donors (Lipinski definition) is 4. The molecular formula is C28H26N6O. The molecule has 0 radical (unpaired) electrons. The van der Waals surface area contributed by atoms with Crippen molar-refractivity contribution in [2.24, 2.45) is 5.73 Å². The van der Waals surface area contributed by atoms with Crippen LogP contribution in [0.25, 0.3) is 39.4 Å². The van der Waals surface area contributed by atoms with E-state index in [1.807, 2.05) is 61.5 Å². The van der Waals surface area contributed by atoms with Crippen molar-refractivity contribution in [2.75, 3.05) is 0 Å². The second-order valence-corrected chi connectivity index (χ2v) is 9.54. The predicted molar refractivity (Wildman–Crippen MR) is 138 cm³/mol. The zero-order valence-electron chi connectivity index (χ0n) is 19.4. The van der Waals surface area contributed by atoms with Crippen molar-refractivity contribution in [3.8, 4) is 28.3 Å². The van der Waals surface area contributed by atoms with Gasteiger partial charge >= 0.3 is 0 Å². The van der Waals surface area contributed by atoms with E-state index in [9.17, 15) is 5.11 Å². The van der Waals surface area contributed by atoms with Crippen LogP contribution in [-0.2, 0) is 0 Å². The van der Waals surface area contributed by atoms with Gasteiger partial charge in [-0.2, -0.15) is 0 Å². The normalized spacial score (nSPS) is 19.5. The highest BCUT2D eigenvalue weighted by molar-refractivity contribution is 6.00. The highest BCUT2D eigenvalue weighted by atomic mass is 16.3. The van der Waals surface area contributed by atoms with Crippen molar-refractivity contribution in [3.63, 3.8) is 0 Å². The lowest BCUT2D eigenvalue weighted by atomic mass is 9.72. The summed E-state index contributed by atoms with van der Waals surface area (Å²) in [6, 6.07) is 26.4. The molecule has 1 fully saturated rings. The molecule has 7 nitrogen and oxygen atoms in total. The quantitative estimate of drug-likeness (QED) is 0.217. The van der Waals surface area contributed by atoms with Crippen LogP contribution < -0.4 is 5.73 Å². The molecule has 5 N–H and O–H groups in total. The van der Waals surface area contributed by atoms with Crippen molar-refractivity contribution in [1.29, 1.82) is 5.41 Å². The van der Waals surface area contributed by atoms with Crippen molar-refractivity contribution < 1.29 is 5.11 Å². The Bertz CT molecular complexity index is 1540. The highest BCUT2D eigenvalue weighted by Crippen LogP contribution is 2.44. The molecule has 6 rings (SSSR count). The van der Waals surface area contributed by atoms with Gasteiger partial charge in [-0.25, -0.2) is 9.97 Å². The lowest BCUT2D eigenvalue weighted by Gasteiger charge is -2.39.